The van der Waals surface area contributed by atoms with Gasteiger partial charge in [-0.2, -0.15) is 13.2 Å². The number of carboxylic acids is 1. The van der Waals surface area contributed by atoms with Gasteiger partial charge in [-0.25, -0.2) is 23.9 Å². The summed E-state index contributed by atoms with van der Waals surface area (Å²) in [6.45, 7) is 8.92. The first-order chi connectivity index (χ1) is 19.4. The Hall–Kier alpha value is -3.94. The Kier molecular flexibility index (Phi) is 7.77. The van der Waals surface area contributed by atoms with Crippen LogP contribution in [0.2, 0.25) is 0 Å². The van der Waals surface area contributed by atoms with E-state index < -0.39 is 18.0 Å². The Morgan fingerprint density at radius 1 is 1.17 bits per heavy atom. The number of urea groups is 1. The van der Waals surface area contributed by atoms with E-state index in [1.165, 1.54) is 31.1 Å². The van der Waals surface area contributed by atoms with Gasteiger partial charge in [0.1, 0.15) is 11.5 Å². The highest BCUT2D eigenvalue weighted by Gasteiger charge is 2.38. The normalized spacial score (nSPS) is 19.1. The van der Waals surface area contributed by atoms with Crippen molar-refractivity contribution in [2.24, 2.45) is 5.92 Å². The number of carboxylic acid groups (broad SMARTS) is 1. The maximum absolute atomic E-state index is 14.6. The number of carbonyl (C=O) groups is 2. The van der Waals surface area contributed by atoms with Crippen molar-refractivity contribution >= 4 is 34.8 Å². The summed E-state index contributed by atoms with van der Waals surface area (Å²) in [6, 6.07) is 3.53. The highest BCUT2D eigenvalue weighted by molar-refractivity contribution is 6.03. The average molecular weight is 578 g/mol. The molecule has 0 aromatic carbocycles. The molecule has 0 bridgehead atoms. The van der Waals surface area contributed by atoms with E-state index in [2.05, 4.69) is 38.1 Å². The molecule has 3 aromatic rings. The molecular formula is C27H31F4N7O3. The first kappa shape index (κ1) is 28.6. The Labute approximate surface area is 233 Å². The molecule has 2 N–H and O–H groups in total. The highest BCUT2D eigenvalue weighted by atomic mass is 19.4. The molecule has 1 saturated carbocycles. The predicted molar refractivity (Wildman–Crippen MR) is 144 cm³/mol. The highest BCUT2D eigenvalue weighted by Crippen LogP contribution is 2.36. The van der Waals surface area contributed by atoms with Crippen molar-refractivity contribution in [3.8, 4) is 0 Å². The molecular weight excluding hydrogens is 546 g/mol. The van der Waals surface area contributed by atoms with Gasteiger partial charge in [-0.1, -0.05) is 0 Å². The number of aromatic nitrogens is 3. The van der Waals surface area contributed by atoms with Crippen LogP contribution in [-0.2, 0) is 11.2 Å². The number of fused-ring (bicyclic) bond motifs is 2. The summed E-state index contributed by atoms with van der Waals surface area (Å²) in [6.07, 6.45) is 3.55. The van der Waals surface area contributed by atoms with Crippen molar-refractivity contribution in [3.05, 3.63) is 47.8 Å². The molecule has 14 heteroatoms. The number of imidazole rings is 1. The lowest BCUT2D eigenvalue weighted by Gasteiger charge is -2.41. The fourth-order valence-electron chi connectivity index (χ4n) is 5.30. The summed E-state index contributed by atoms with van der Waals surface area (Å²) in [5.41, 5.74) is 3.69. The molecule has 6 rings (SSSR count). The number of rotatable bonds is 4. The first-order valence-electron chi connectivity index (χ1n) is 13.4. The molecule has 0 radical (unpaired) electrons. The van der Waals surface area contributed by atoms with E-state index in [4.69, 9.17) is 9.90 Å². The fraction of sp³-hybridized carbons (Fsp3) is 0.481. The third-order valence-corrected chi connectivity index (χ3v) is 7.54. The number of amides is 2. The lowest BCUT2D eigenvalue weighted by molar-refractivity contribution is -0.192. The van der Waals surface area contributed by atoms with Crippen molar-refractivity contribution in [3.63, 3.8) is 0 Å². The number of alkyl halides is 3. The SMILES string of the molecule is Cc1cn2cc(NC(=O)N3CCc4c(N5CCN(CC6CC6)[C@@H](C)C5)ccnc43)c(F)cc2n1.O=C(O)C(F)(F)F. The van der Waals surface area contributed by atoms with E-state index in [0.717, 1.165) is 43.2 Å². The predicted octanol–water partition coefficient (Wildman–Crippen LogP) is 4.33. The van der Waals surface area contributed by atoms with E-state index in [1.807, 2.05) is 6.92 Å². The molecule has 220 valence electrons. The molecule has 0 unspecified atom stereocenters. The zero-order chi connectivity index (χ0) is 29.5. The molecule has 3 aliphatic rings. The minimum absolute atomic E-state index is 0.125. The Balaban J connectivity index is 0.000000431. The number of pyridine rings is 2. The second-order valence-corrected chi connectivity index (χ2v) is 10.7. The Bertz CT molecular complexity index is 1460. The van der Waals surface area contributed by atoms with E-state index in [9.17, 15) is 22.4 Å². The van der Waals surface area contributed by atoms with Crippen LogP contribution in [0.4, 0.5) is 39.5 Å². The molecule has 1 atom stereocenters. The third kappa shape index (κ3) is 6.37. The van der Waals surface area contributed by atoms with Crippen LogP contribution < -0.4 is 15.1 Å². The summed E-state index contributed by atoms with van der Waals surface area (Å²) in [5.74, 6) is -1.70. The summed E-state index contributed by atoms with van der Waals surface area (Å²) in [4.78, 5) is 37.5. The van der Waals surface area contributed by atoms with Crippen molar-refractivity contribution in [1.29, 1.82) is 0 Å². The largest absolute Gasteiger partial charge is 0.490 e. The van der Waals surface area contributed by atoms with Crippen LogP contribution >= 0.6 is 0 Å². The zero-order valence-corrected chi connectivity index (χ0v) is 22.7. The molecule has 3 aromatic heterocycles. The number of hydrogen-bond donors (Lipinski definition) is 2. The van der Waals surface area contributed by atoms with E-state index in [0.29, 0.717) is 24.1 Å². The smallest absolute Gasteiger partial charge is 0.475 e. The molecule has 2 amide bonds. The van der Waals surface area contributed by atoms with E-state index in [-0.39, 0.29) is 11.7 Å². The Morgan fingerprint density at radius 3 is 2.56 bits per heavy atom. The summed E-state index contributed by atoms with van der Waals surface area (Å²) >= 11 is 0. The number of piperazine rings is 1. The number of aliphatic carboxylic acids is 1. The standard InChI is InChI=1S/C25H30FN7O.C2HF3O2/c1-16-12-32-15-21(20(26)11-23(32)28-16)29-25(34)33-8-6-19-22(5-7-27-24(19)33)31-10-9-30(17(2)13-31)14-18-3-4-18;3-2(4,5)1(6)7/h5,7,11-12,15,17-18H,3-4,6,8-10,13-14H2,1-2H3,(H,29,34);(H,6,7)/t17-;/m0./s1. The van der Waals surface area contributed by atoms with Gasteiger partial charge in [0.2, 0.25) is 0 Å². The first-order valence-corrected chi connectivity index (χ1v) is 13.4. The van der Waals surface area contributed by atoms with Gasteiger partial charge >= 0.3 is 18.2 Å². The minimum atomic E-state index is -5.08. The summed E-state index contributed by atoms with van der Waals surface area (Å²) in [5, 5.41) is 9.86. The van der Waals surface area contributed by atoms with Crippen LogP contribution in [0.5, 0.6) is 0 Å². The van der Waals surface area contributed by atoms with Gasteiger partial charge in [0, 0.05) is 74.7 Å². The number of carbonyl (C=O) groups excluding carboxylic acids is 1. The monoisotopic (exact) mass is 577 g/mol. The molecule has 1 aliphatic carbocycles. The molecule has 1 saturated heterocycles. The van der Waals surface area contributed by atoms with Gasteiger partial charge < -0.3 is 19.7 Å². The van der Waals surface area contributed by atoms with Gasteiger partial charge in [0.15, 0.2) is 5.82 Å². The number of hydrogen-bond acceptors (Lipinski definition) is 6. The number of nitrogens with zero attached hydrogens (tertiary/aromatic N) is 6. The van der Waals surface area contributed by atoms with Crippen LogP contribution in [0.3, 0.4) is 0 Å². The van der Waals surface area contributed by atoms with Crippen LogP contribution in [0.25, 0.3) is 5.65 Å². The van der Waals surface area contributed by atoms with E-state index in [1.54, 1.807) is 27.9 Å². The zero-order valence-electron chi connectivity index (χ0n) is 22.7. The van der Waals surface area contributed by atoms with Gasteiger partial charge in [-0.3, -0.25) is 9.80 Å². The quantitative estimate of drug-likeness (QED) is 0.445. The van der Waals surface area contributed by atoms with Gasteiger partial charge in [-0.05, 0) is 45.1 Å². The third-order valence-electron chi connectivity index (χ3n) is 7.54. The van der Waals surface area contributed by atoms with Gasteiger partial charge in [0.05, 0.1) is 11.4 Å². The molecule has 41 heavy (non-hydrogen) atoms. The molecule has 2 aliphatic heterocycles. The molecule has 2 fully saturated rings. The van der Waals surface area contributed by atoms with Gasteiger partial charge in [-0.15, -0.1) is 0 Å². The number of aryl methyl sites for hydroxylation is 1. The maximum atomic E-state index is 14.6. The minimum Gasteiger partial charge on any atom is -0.475 e. The van der Waals surface area contributed by atoms with Crippen molar-refractivity contribution < 1.29 is 32.3 Å². The van der Waals surface area contributed by atoms with Crippen LogP contribution in [0.1, 0.15) is 31.0 Å². The lowest BCUT2D eigenvalue weighted by Crippen LogP contribution is -2.52. The molecule has 0 spiro atoms. The van der Waals surface area contributed by atoms with Crippen molar-refractivity contribution in [2.45, 2.75) is 45.3 Å². The van der Waals surface area contributed by atoms with Crippen molar-refractivity contribution in [2.75, 3.05) is 47.8 Å². The lowest BCUT2D eigenvalue weighted by atomic mass is 10.1. The van der Waals surface area contributed by atoms with Crippen LogP contribution in [0.15, 0.2) is 30.7 Å². The average Bonchev–Trinajstić information content (AvgIpc) is 3.49. The topological polar surface area (TPSA) is 106 Å². The second-order valence-electron chi connectivity index (χ2n) is 10.7. The van der Waals surface area contributed by atoms with Gasteiger partial charge in [0.25, 0.3) is 0 Å². The van der Waals surface area contributed by atoms with Crippen LogP contribution in [0, 0.1) is 18.7 Å². The summed E-state index contributed by atoms with van der Waals surface area (Å²) in [7, 11) is 0. The van der Waals surface area contributed by atoms with E-state index >= 15 is 0 Å². The number of anilines is 3. The Morgan fingerprint density at radius 2 is 1.90 bits per heavy atom. The maximum Gasteiger partial charge on any atom is 0.490 e. The summed E-state index contributed by atoms with van der Waals surface area (Å²) < 4.78 is 48.1. The fourth-order valence-corrected chi connectivity index (χ4v) is 5.30. The van der Waals surface area contributed by atoms with Crippen LogP contribution in [-0.4, -0.2) is 81.3 Å². The number of nitrogens with one attached hydrogen (secondary N) is 1. The van der Waals surface area contributed by atoms with Crippen molar-refractivity contribution in [1.82, 2.24) is 19.3 Å². The molecule has 10 nitrogen and oxygen atoms in total. The second kappa shape index (κ2) is 11.1. The molecule has 5 heterocycles. The number of halogens is 4.